The number of aliphatic hydroxyl groups is 1. The third-order valence-corrected chi connectivity index (χ3v) is 3.21. The highest BCUT2D eigenvalue weighted by atomic mass is 16.6. The Morgan fingerprint density at radius 1 is 1.53 bits per heavy atom. The molecule has 6 heteroatoms. The van der Waals surface area contributed by atoms with Crippen LogP contribution in [-0.4, -0.2) is 28.1 Å². The Morgan fingerprint density at radius 3 is 2.63 bits per heavy atom. The van der Waals surface area contributed by atoms with Crippen LogP contribution in [0.15, 0.2) is 18.2 Å². The normalized spacial score (nSPS) is 13.7. The molecular weight excluding hydrogens is 248 g/mol. The molecule has 0 radical (unpaired) electrons. The SMILES string of the molecule is CCC(C)(CO)NC(=O)c1cccc(C)c1[N+](=O)[O-]. The highest BCUT2D eigenvalue weighted by Crippen LogP contribution is 2.23. The number of hydrogen-bond acceptors (Lipinski definition) is 4. The lowest BCUT2D eigenvalue weighted by Gasteiger charge is -2.27. The summed E-state index contributed by atoms with van der Waals surface area (Å²) in [7, 11) is 0. The van der Waals surface area contributed by atoms with E-state index in [0.717, 1.165) is 0 Å². The second-order valence-corrected chi connectivity index (χ2v) is 4.75. The van der Waals surface area contributed by atoms with Gasteiger partial charge in [-0.25, -0.2) is 0 Å². The Morgan fingerprint density at radius 2 is 2.16 bits per heavy atom. The number of benzene rings is 1. The molecule has 1 aromatic rings. The molecule has 1 atom stereocenters. The fourth-order valence-electron chi connectivity index (χ4n) is 1.67. The van der Waals surface area contributed by atoms with E-state index in [1.165, 1.54) is 6.07 Å². The minimum atomic E-state index is -0.783. The van der Waals surface area contributed by atoms with Gasteiger partial charge >= 0.3 is 0 Å². The number of carbonyl (C=O) groups excluding carboxylic acids is 1. The smallest absolute Gasteiger partial charge is 0.285 e. The van der Waals surface area contributed by atoms with E-state index in [-0.39, 0.29) is 17.9 Å². The van der Waals surface area contributed by atoms with Gasteiger partial charge in [-0.2, -0.15) is 0 Å². The summed E-state index contributed by atoms with van der Waals surface area (Å²) in [6.07, 6.45) is 0.523. The number of nitrogens with zero attached hydrogens (tertiary/aromatic N) is 1. The second kappa shape index (κ2) is 5.79. The number of rotatable bonds is 5. The number of aryl methyl sites for hydroxylation is 1. The molecule has 0 aliphatic carbocycles. The lowest BCUT2D eigenvalue weighted by atomic mass is 9.99. The molecule has 1 rings (SSSR count). The first kappa shape index (κ1) is 15.1. The number of carbonyl (C=O) groups is 1. The van der Waals surface area contributed by atoms with Crippen LogP contribution in [0.5, 0.6) is 0 Å². The maximum atomic E-state index is 12.1. The fraction of sp³-hybridized carbons (Fsp3) is 0.462. The third-order valence-electron chi connectivity index (χ3n) is 3.21. The average molecular weight is 266 g/mol. The standard InChI is InChI=1S/C13H18N2O4/c1-4-13(3,8-16)14-12(17)10-7-5-6-9(2)11(10)15(18)19/h5-7,16H,4,8H2,1-3H3,(H,14,17). The van der Waals surface area contributed by atoms with Gasteiger partial charge in [0.15, 0.2) is 0 Å². The van der Waals surface area contributed by atoms with E-state index in [2.05, 4.69) is 5.32 Å². The minimum Gasteiger partial charge on any atom is -0.394 e. The average Bonchev–Trinajstić information content (AvgIpc) is 2.37. The monoisotopic (exact) mass is 266 g/mol. The van der Waals surface area contributed by atoms with Gasteiger partial charge in [0.1, 0.15) is 5.56 Å². The van der Waals surface area contributed by atoms with Gasteiger partial charge in [0.05, 0.1) is 17.1 Å². The van der Waals surface area contributed by atoms with Crippen LogP contribution in [0, 0.1) is 17.0 Å². The van der Waals surface area contributed by atoms with Crippen LogP contribution in [0.2, 0.25) is 0 Å². The molecule has 19 heavy (non-hydrogen) atoms. The molecule has 0 saturated heterocycles. The van der Waals surface area contributed by atoms with Crippen LogP contribution in [0.3, 0.4) is 0 Å². The molecule has 0 aromatic heterocycles. The highest BCUT2D eigenvalue weighted by molar-refractivity contribution is 5.99. The Balaban J connectivity index is 3.14. The van der Waals surface area contributed by atoms with Crippen molar-refractivity contribution in [1.29, 1.82) is 0 Å². The van der Waals surface area contributed by atoms with Crippen LogP contribution in [-0.2, 0) is 0 Å². The van der Waals surface area contributed by atoms with Crippen molar-refractivity contribution >= 4 is 11.6 Å². The van der Waals surface area contributed by atoms with Gasteiger partial charge in [-0.05, 0) is 26.3 Å². The molecule has 0 spiro atoms. The van der Waals surface area contributed by atoms with Crippen molar-refractivity contribution in [3.8, 4) is 0 Å². The van der Waals surface area contributed by atoms with Crippen molar-refractivity contribution in [2.75, 3.05) is 6.61 Å². The fourth-order valence-corrected chi connectivity index (χ4v) is 1.67. The van der Waals surface area contributed by atoms with E-state index in [9.17, 15) is 20.0 Å². The second-order valence-electron chi connectivity index (χ2n) is 4.75. The number of nitro benzene ring substituents is 1. The Kier molecular flexibility index (Phi) is 4.61. The van der Waals surface area contributed by atoms with Crippen molar-refractivity contribution in [1.82, 2.24) is 5.32 Å². The summed E-state index contributed by atoms with van der Waals surface area (Å²) >= 11 is 0. The van der Waals surface area contributed by atoms with Crippen molar-refractivity contribution in [2.45, 2.75) is 32.7 Å². The number of para-hydroxylation sites is 1. The summed E-state index contributed by atoms with van der Waals surface area (Å²) < 4.78 is 0. The van der Waals surface area contributed by atoms with Gasteiger partial charge in [0, 0.05) is 5.56 Å². The molecule has 2 N–H and O–H groups in total. The molecule has 0 heterocycles. The maximum absolute atomic E-state index is 12.1. The molecule has 0 bridgehead atoms. The number of nitrogens with one attached hydrogen (secondary N) is 1. The van der Waals surface area contributed by atoms with E-state index in [1.54, 1.807) is 26.0 Å². The summed E-state index contributed by atoms with van der Waals surface area (Å²) in [5.74, 6) is -0.547. The van der Waals surface area contributed by atoms with Crippen molar-refractivity contribution in [3.05, 3.63) is 39.4 Å². The van der Waals surface area contributed by atoms with E-state index in [4.69, 9.17) is 0 Å². The molecule has 1 amide bonds. The Hall–Kier alpha value is -1.95. The predicted octanol–water partition coefficient (Wildman–Crippen LogP) is 1.79. The van der Waals surface area contributed by atoms with E-state index in [1.807, 2.05) is 6.92 Å². The first-order chi connectivity index (χ1) is 8.84. The van der Waals surface area contributed by atoms with Gasteiger partial charge < -0.3 is 10.4 Å². The Bertz CT molecular complexity index is 495. The molecule has 0 aliphatic heterocycles. The molecule has 6 nitrogen and oxygen atoms in total. The zero-order valence-electron chi connectivity index (χ0n) is 11.3. The van der Waals surface area contributed by atoms with Crippen LogP contribution in [0.4, 0.5) is 5.69 Å². The molecule has 1 aromatic carbocycles. The van der Waals surface area contributed by atoms with Gasteiger partial charge in [0.2, 0.25) is 0 Å². The quantitative estimate of drug-likeness (QED) is 0.627. The predicted molar refractivity (Wildman–Crippen MR) is 71.1 cm³/mol. The Labute approximate surface area is 111 Å². The summed E-state index contributed by atoms with van der Waals surface area (Å²) in [4.78, 5) is 22.6. The number of aliphatic hydroxyl groups excluding tert-OH is 1. The lowest BCUT2D eigenvalue weighted by molar-refractivity contribution is -0.385. The van der Waals surface area contributed by atoms with Crippen LogP contribution in [0.25, 0.3) is 0 Å². The topological polar surface area (TPSA) is 92.5 Å². The number of hydrogen-bond donors (Lipinski definition) is 2. The summed E-state index contributed by atoms with van der Waals surface area (Å²) in [5.41, 5.74) is -0.538. The molecule has 1 unspecified atom stereocenters. The molecule has 0 saturated carbocycles. The van der Waals surface area contributed by atoms with Gasteiger partial charge in [-0.3, -0.25) is 14.9 Å². The van der Waals surface area contributed by atoms with Gasteiger partial charge in [0.25, 0.3) is 11.6 Å². The first-order valence-corrected chi connectivity index (χ1v) is 6.02. The van der Waals surface area contributed by atoms with Crippen LogP contribution < -0.4 is 5.32 Å². The lowest BCUT2D eigenvalue weighted by Crippen LogP contribution is -2.48. The molecule has 0 aliphatic rings. The molecular formula is C13H18N2O4. The third kappa shape index (κ3) is 3.29. The maximum Gasteiger partial charge on any atom is 0.285 e. The van der Waals surface area contributed by atoms with Gasteiger partial charge in [-0.1, -0.05) is 19.1 Å². The van der Waals surface area contributed by atoms with Crippen LogP contribution >= 0.6 is 0 Å². The summed E-state index contributed by atoms with van der Waals surface area (Å²) in [6, 6.07) is 4.59. The summed E-state index contributed by atoms with van der Waals surface area (Å²) in [5, 5.41) is 22.9. The molecule has 0 fully saturated rings. The largest absolute Gasteiger partial charge is 0.394 e. The van der Waals surface area contributed by atoms with Gasteiger partial charge in [-0.15, -0.1) is 0 Å². The van der Waals surface area contributed by atoms with Crippen molar-refractivity contribution in [2.24, 2.45) is 0 Å². The summed E-state index contributed by atoms with van der Waals surface area (Å²) in [6.45, 7) is 4.86. The zero-order valence-corrected chi connectivity index (χ0v) is 11.3. The van der Waals surface area contributed by atoms with E-state index < -0.39 is 16.4 Å². The van der Waals surface area contributed by atoms with Crippen LogP contribution in [0.1, 0.15) is 36.2 Å². The minimum absolute atomic E-state index is 0.0122. The number of nitro groups is 1. The molecule has 104 valence electrons. The number of amides is 1. The highest BCUT2D eigenvalue weighted by Gasteiger charge is 2.28. The van der Waals surface area contributed by atoms with Crippen molar-refractivity contribution < 1.29 is 14.8 Å². The first-order valence-electron chi connectivity index (χ1n) is 6.02. The van der Waals surface area contributed by atoms with Crippen molar-refractivity contribution in [3.63, 3.8) is 0 Å². The zero-order chi connectivity index (χ0) is 14.6. The van der Waals surface area contributed by atoms with E-state index >= 15 is 0 Å². The van der Waals surface area contributed by atoms with E-state index in [0.29, 0.717) is 12.0 Å².